The summed E-state index contributed by atoms with van der Waals surface area (Å²) in [7, 11) is 0. The van der Waals surface area contributed by atoms with Gasteiger partial charge in [0, 0.05) is 12.8 Å². The fourth-order valence-corrected chi connectivity index (χ4v) is 8.21. The minimum Gasteiger partial charge on any atom is -0.374 e. The highest BCUT2D eigenvalue weighted by molar-refractivity contribution is 5.78. The largest absolute Gasteiger partial charge is 0.374 e. The van der Waals surface area contributed by atoms with Crippen LogP contribution in [0, 0.1) is 5.92 Å². The van der Waals surface area contributed by atoms with E-state index in [4.69, 9.17) is 4.74 Å². The predicted octanol–water partition coefficient (Wildman–Crippen LogP) is 16.9. The Morgan fingerprint density at radius 1 is 0.444 bits per heavy atom. The van der Waals surface area contributed by atoms with Crippen molar-refractivity contribution >= 4 is 5.78 Å². The Labute approximate surface area is 341 Å². The van der Waals surface area contributed by atoms with E-state index in [1.807, 2.05) is 0 Å². The highest BCUT2D eigenvalue weighted by Crippen LogP contribution is 2.24. The average Bonchev–Trinajstić information content (AvgIpc) is 3.17. The van der Waals surface area contributed by atoms with Gasteiger partial charge in [-0.25, -0.2) is 0 Å². The maximum absolute atomic E-state index is 13.0. The molecule has 0 rings (SSSR count). The van der Waals surface area contributed by atoms with E-state index in [1.165, 1.54) is 237 Å². The third-order valence-electron chi connectivity index (χ3n) is 12.0. The summed E-state index contributed by atoms with van der Waals surface area (Å²) in [5.74, 6) is 1.19. The van der Waals surface area contributed by atoms with Crippen LogP contribution < -0.4 is 0 Å². The molecule has 0 radical (unpaired) electrons. The van der Waals surface area contributed by atoms with Crippen molar-refractivity contribution < 1.29 is 9.53 Å². The van der Waals surface area contributed by atoms with Crippen LogP contribution in [0.15, 0.2) is 12.2 Å². The molecule has 2 unspecified atom stereocenters. The summed E-state index contributed by atoms with van der Waals surface area (Å²) in [6.45, 7) is 20.4. The van der Waals surface area contributed by atoms with Gasteiger partial charge in [-0.1, -0.05) is 220 Å². The summed E-state index contributed by atoms with van der Waals surface area (Å²) in [5, 5.41) is 0. The first-order valence-electron chi connectivity index (χ1n) is 25.0. The van der Waals surface area contributed by atoms with Crippen molar-refractivity contribution in [2.24, 2.45) is 5.92 Å². The first-order valence-corrected chi connectivity index (χ1v) is 25.0. The molecule has 0 aromatic heterocycles. The van der Waals surface area contributed by atoms with Crippen LogP contribution in [0.3, 0.4) is 0 Å². The molecule has 0 aromatic carbocycles. The van der Waals surface area contributed by atoms with Crippen LogP contribution in [0.4, 0.5) is 0 Å². The zero-order valence-electron chi connectivity index (χ0n) is 38.1. The Balaban J connectivity index is 4.26. The maximum Gasteiger partial charge on any atom is 0.133 e. The Bertz CT molecular complexity index is 765. The van der Waals surface area contributed by atoms with Crippen molar-refractivity contribution in [1.29, 1.82) is 0 Å². The smallest absolute Gasteiger partial charge is 0.133 e. The van der Waals surface area contributed by atoms with E-state index in [9.17, 15) is 4.79 Å². The van der Waals surface area contributed by atoms with Crippen LogP contribution in [0.1, 0.15) is 272 Å². The molecule has 0 saturated carbocycles. The first-order chi connectivity index (χ1) is 26.5. The lowest BCUT2D eigenvalue weighted by atomic mass is 9.89. The van der Waals surface area contributed by atoms with E-state index in [1.54, 1.807) is 0 Å². The van der Waals surface area contributed by atoms with Gasteiger partial charge < -0.3 is 9.64 Å². The van der Waals surface area contributed by atoms with E-state index < -0.39 is 0 Å². The molecule has 322 valence electrons. The lowest BCUT2D eigenvalue weighted by molar-refractivity contribution is -0.120. The Kier molecular flexibility index (Phi) is 42.9. The van der Waals surface area contributed by atoms with Crippen LogP contribution in [0.2, 0.25) is 0 Å². The fourth-order valence-electron chi connectivity index (χ4n) is 8.21. The lowest BCUT2D eigenvalue weighted by Crippen LogP contribution is -2.27. The number of unbranched alkanes of at least 4 members (excludes halogenated alkanes) is 23. The number of nitrogens with zero attached hydrogens (tertiary/aromatic N) is 1. The molecule has 0 fully saturated rings. The number of hydrogen-bond acceptors (Lipinski definition) is 3. The molecule has 2 atom stereocenters. The Hall–Kier alpha value is -0.670. The van der Waals surface area contributed by atoms with Gasteiger partial charge in [-0.2, -0.15) is 0 Å². The molecule has 0 bridgehead atoms. The van der Waals surface area contributed by atoms with E-state index in [0.717, 1.165) is 32.3 Å². The van der Waals surface area contributed by atoms with Crippen LogP contribution in [0.25, 0.3) is 0 Å². The second-order valence-corrected chi connectivity index (χ2v) is 17.6. The predicted molar refractivity (Wildman–Crippen MR) is 243 cm³/mol. The molecule has 0 aromatic rings. The summed E-state index contributed by atoms with van der Waals surface area (Å²) in [4.78, 5) is 15.7. The van der Waals surface area contributed by atoms with Gasteiger partial charge >= 0.3 is 0 Å². The van der Waals surface area contributed by atoms with Gasteiger partial charge in [0.25, 0.3) is 0 Å². The van der Waals surface area contributed by atoms with Crippen LogP contribution in [-0.2, 0) is 9.53 Å². The first kappa shape index (κ1) is 53.3. The van der Waals surface area contributed by atoms with Gasteiger partial charge in [-0.05, 0) is 76.9 Å². The third kappa shape index (κ3) is 38.2. The molecule has 0 aliphatic rings. The van der Waals surface area contributed by atoms with Gasteiger partial charge in [0.1, 0.15) is 5.78 Å². The van der Waals surface area contributed by atoms with Crippen LogP contribution in [-0.4, -0.2) is 43.0 Å². The van der Waals surface area contributed by atoms with Crippen molar-refractivity contribution in [3.63, 3.8) is 0 Å². The molecule has 0 spiro atoms. The number of carbonyl (C=O) groups excluding carboxylic acids is 1. The second kappa shape index (κ2) is 43.5. The highest BCUT2D eigenvalue weighted by atomic mass is 16.5. The lowest BCUT2D eigenvalue weighted by Gasteiger charge is -2.22. The maximum atomic E-state index is 13.0. The van der Waals surface area contributed by atoms with Gasteiger partial charge in [0.05, 0.1) is 12.7 Å². The number of ketones is 1. The van der Waals surface area contributed by atoms with Gasteiger partial charge in [0.15, 0.2) is 0 Å². The zero-order valence-corrected chi connectivity index (χ0v) is 38.1. The van der Waals surface area contributed by atoms with Crippen molar-refractivity contribution in [3.8, 4) is 0 Å². The molecule has 0 heterocycles. The summed E-state index contributed by atoms with van der Waals surface area (Å²) >= 11 is 0. The van der Waals surface area contributed by atoms with Crippen LogP contribution in [0.5, 0.6) is 0 Å². The summed E-state index contributed by atoms with van der Waals surface area (Å²) in [5.41, 5.74) is 1.30. The Morgan fingerprint density at radius 3 is 1.31 bits per heavy atom. The highest BCUT2D eigenvalue weighted by Gasteiger charge is 2.14. The average molecular weight is 760 g/mol. The van der Waals surface area contributed by atoms with Crippen molar-refractivity contribution in [3.05, 3.63) is 12.2 Å². The number of rotatable bonds is 46. The Morgan fingerprint density at radius 2 is 0.815 bits per heavy atom. The van der Waals surface area contributed by atoms with E-state index in [0.29, 0.717) is 17.8 Å². The minimum absolute atomic E-state index is 0.434. The zero-order chi connectivity index (χ0) is 39.6. The van der Waals surface area contributed by atoms with Crippen LogP contribution >= 0.6 is 0 Å². The molecule has 0 amide bonds. The summed E-state index contributed by atoms with van der Waals surface area (Å²) in [6.07, 6.45) is 47.9. The summed E-state index contributed by atoms with van der Waals surface area (Å²) in [6, 6.07) is 0. The molecule has 0 saturated heterocycles. The van der Waals surface area contributed by atoms with Gasteiger partial charge in [-0.3, -0.25) is 4.79 Å². The normalized spacial score (nSPS) is 12.9. The molecule has 54 heavy (non-hydrogen) atoms. The quantitative estimate of drug-likeness (QED) is 0.0457. The summed E-state index contributed by atoms with van der Waals surface area (Å²) < 4.78 is 6.47. The van der Waals surface area contributed by atoms with Crippen molar-refractivity contribution in [1.82, 2.24) is 4.90 Å². The van der Waals surface area contributed by atoms with Crippen molar-refractivity contribution in [2.45, 2.75) is 278 Å². The monoisotopic (exact) mass is 760 g/mol. The topological polar surface area (TPSA) is 29.5 Å². The third-order valence-corrected chi connectivity index (χ3v) is 12.0. The SMILES string of the molecule is C=C(CCCCCCN(CCCC)CCCCCCC(=O)CC(CCCCCC)CCCCCCCC)COC(CCCCCC)CCCCCCCC. The van der Waals surface area contributed by atoms with Gasteiger partial charge in [-0.15, -0.1) is 0 Å². The molecule has 0 N–H and O–H groups in total. The number of carbonyl (C=O) groups is 1. The standard InChI is InChI=1S/C51H101NO2/c1-7-12-17-21-23-31-39-49(38-30-19-14-9-3)46-50(53)40-32-26-28-36-45-52(43-16-11-5)44-35-27-25-29-37-48(6)47-54-51(41-33-20-15-10-4)42-34-24-22-18-13-8-2/h49,51H,6-47H2,1-5H3. The molecule has 3 heteroatoms. The minimum atomic E-state index is 0.434. The fraction of sp³-hybridized carbons (Fsp3) is 0.941. The number of ether oxygens (including phenoxy) is 1. The van der Waals surface area contributed by atoms with Crippen molar-refractivity contribution in [2.75, 3.05) is 26.2 Å². The van der Waals surface area contributed by atoms with Gasteiger partial charge in [0.2, 0.25) is 0 Å². The number of hydrogen-bond donors (Lipinski definition) is 0. The molecular formula is C51H101NO2. The molecule has 0 aliphatic heterocycles. The van der Waals surface area contributed by atoms with E-state index in [2.05, 4.69) is 46.1 Å². The molecular weight excluding hydrogens is 659 g/mol. The van der Waals surface area contributed by atoms with E-state index >= 15 is 0 Å². The number of Topliss-reactive ketones (excluding diaryl/α,β-unsaturated/α-hetero) is 1. The molecule has 0 aliphatic carbocycles. The second-order valence-electron chi connectivity index (χ2n) is 17.6. The van der Waals surface area contributed by atoms with E-state index in [-0.39, 0.29) is 0 Å². The molecule has 3 nitrogen and oxygen atoms in total.